The van der Waals surface area contributed by atoms with Crippen LogP contribution >= 0.6 is 7.82 Å². The number of benzene rings is 2. The molecular weight excluding hydrogens is 335 g/mol. The van der Waals surface area contributed by atoms with Crippen molar-refractivity contribution in [1.82, 2.24) is 0 Å². The first-order valence-electron chi connectivity index (χ1n) is 8.71. The molecule has 5 heteroatoms. The third kappa shape index (κ3) is 5.79. The van der Waals surface area contributed by atoms with Crippen molar-refractivity contribution in [2.75, 3.05) is 0 Å². The van der Waals surface area contributed by atoms with Gasteiger partial charge in [0.1, 0.15) is 5.60 Å². The van der Waals surface area contributed by atoms with Crippen molar-refractivity contribution in [1.29, 1.82) is 0 Å². The summed E-state index contributed by atoms with van der Waals surface area (Å²) in [6.45, 7) is 4.35. The number of phosphoric ester groups is 1. The van der Waals surface area contributed by atoms with Gasteiger partial charge in [0.25, 0.3) is 0 Å². The average Bonchev–Trinajstić information content (AvgIpc) is 2.58. The molecule has 136 valence electrons. The fourth-order valence-corrected chi connectivity index (χ4v) is 3.86. The highest BCUT2D eigenvalue weighted by Crippen LogP contribution is 2.51. The molecule has 0 fully saturated rings. The fourth-order valence-electron chi connectivity index (χ4n) is 3.15. The van der Waals surface area contributed by atoms with E-state index in [2.05, 4.69) is 13.8 Å². The zero-order chi connectivity index (χ0) is 18.3. The lowest BCUT2D eigenvalue weighted by atomic mass is 9.82. The Kier molecular flexibility index (Phi) is 6.97. The summed E-state index contributed by atoms with van der Waals surface area (Å²) in [6.07, 6.45) is 3.40. The monoisotopic (exact) mass is 362 g/mol. The minimum absolute atomic E-state index is 0.513. The molecule has 0 bridgehead atoms. The highest BCUT2D eigenvalue weighted by molar-refractivity contribution is 7.46. The summed E-state index contributed by atoms with van der Waals surface area (Å²) < 4.78 is 17.3. The lowest BCUT2D eigenvalue weighted by Gasteiger charge is -2.35. The van der Waals surface area contributed by atoms with E-state index >= 15 is 0 Å². The molecule has 0 atom stereocenters. The second-order valence-electron chi connectivity index (χ2n) is 6.78. The van der Waals surface area contributed by atoms with Crippen LogP contribution < -0.4 is 0 Å². The smallest absolute Gasteiger partial charge is 0.303 e. The average molecular weight is 362 g/mol. The van der Waals surface area contributed by atoms with Crippen LogP contribution in [0, 0.1) is 5.92 Å². The maximum atomic E-state index is 11.8. The lowest BCUT2D eigenvalue weighted by Crippen LogP contribution is -2.30. The van der Waals surface area contributed by atoms with Gasteiger partial charge in [0, 0.05) is 0 Å². The minimum atomic E-state index is -4.69. The predicted molar refractivity (Wildman–Crippen MR) is 100 cm³/mol. The Labute approximate surface area is 150 Å². The standard InChI is InChI=1S/C20H27O4P/c1-17(2)11-9-10-16-20(24-25(21,22)23,18-12-5-3-6-13-18)19-14-7-4-8-15-19/h3-8,12-15,17H,9-11,16H2,1-2H3,(H2,21,22,23). The van der Waals surface area contributed by atoms with Crippen LogP contribution in [0.2, 0.25) is 0 Å². The SMILES string of the molecule is CC(C)CCCCC(OP(=O)(O)O)(c1ccccc1)c1ccccc1. The van der Waals surface area contributed by atoms with Crippen LogP contribution in [0.15, 0.2) is 60.7 Å². The van der Waals surface area contributed by atoms with Crippen LogP contribution in [0.1, 0.15) is 50.7 Å². The maximum Gasteiger partial charge on any atom is 0.470 e. The Morgan fingerprint density at radius 2 is 1.40 bits per heavy atom. The Morgan fingerprint density at radius 3 is 1.80 bits per heavy atom. The normalized spacial score (nSPS) is 12.5. The number of unbranched alkanes of at least 4 members (excludes halogenated alkanes) is 1. The minimum Gasteiger partial charge on any atom is -0.303 e. The second-order valence-corrected chi connectivity index (χ2v) is 7.94. The molecule has 2 N–H and O–H groups in total. The topological polar surface area (TPSA) is 66.8 Å². The third-order valence-corrected chi connectivity index (χ3v) is 4.86. The summed E-state index contributed by atoms with van der Waals surface area (Å²) in [6, 6.07) is 18.7. The lowest BCUT2D eigenvalue weighted by molar-refractivity contribution is 0.0550. The van der Waals surface area contributed by atoms with Gasteiger partial charge in [0.15, 0.2) is 0 Å². The first kappa shape index (κ1) is 19.9. The van der Waals surface area contributed by atoms with Gasteiger partial charge in [-0.2, -0.15) is 0 Å². The van der Waals surface area contributed by atoms with Gasteiger partial charge in [-0.15, -0.1) is 0 Å². The number of hydrogen-bond acceptors (Lipinski definition) is 2. The van der Waals surface area contributed by atoms with Gasteiger partial charge >= 0.3 is 7.82 Å². The molecule has 4 nitrogen and oxygen atoms in total. The molecule has 0 aliphatic heterocycles. The first-order valence-corrected chi connectivity index (χ1v) is 10.2. The van der Waals surface area contributed by atoms with Gasteiger partial charge in [-0.25, -0.2) is 4.57 Å². The first-order chi connectivity index (χ1) is 11.8. The van der Waals surface area contributed by atoms with Gasteiger partial charge < -0.3 is 9.79 Å². The third-order valence-electron chi connectivity index (χ3n) is 4.32. The van der Waals surface area contributed by atoms with Crippen molar-refractivity contribution >= 4 is 7.82 Å². The molecule has 0 amide bonds. The van der Waals surface area contributed by atoms with Crippen molar-refractivity contribution in [3.63, 3.8) is 0 Å². The molecule has 2 aromatic carbocycles. The number of rotatable bonds is 9. The largest absolute Gasteiger partial charge is 0.470 e. The van der Waals surface area contributed by atoms with E-state index in [1.807, 2.05) is 60.7 Å². The zero-order valence-electron chi connectivity index (χ0n) is 14.8. The zero-order valence-corrected chi connectivity index (χ0v) is 15.7. The molecular formula is C20H27O4P. The Balaban J connectivity index is 2.44. The molecule has 0 heterocycles. The van der Waals surface area contributed by atoms with E-state index in [9.17, 15) is 14.4 Å². The molecule has 0 saturated carbocycles. The van der Waals surface area contributed by atoms with E-state index in [0.717, 1.165) is 30.4 Å². The molecule has 0 aromatic heterocycles. The molecule has 0 aliphatic carbocycles. The van der Waals surface area contributed by atoms with Crippen molar-refractivity contribution in [3.05, 3.63) is 71.8 Å². The summed E-state index contributed by atoms with van der Waals surface area (Å²) in [7, 11) is -4.69. The van der Waals surface area contributed by atoms with Crippen LogP contribution in [-0.2, 0) is 14.7 Å². The fraction of sp³-hybridized carbons (Fsp3) is 0.400. The highest BCUT2D eigenvalue weighted by atomic mass is 31.2. The van der Waals surface area contributed by atoms with Crippen LogP contribution in [0.4, 0.5) is 0 Å². The summed E-state index contributed by atoms with van der Waals surface area (Å²) in [5.41, 5.74) is 0.363. The van der Waals surface area contributed by atoms with Crippen LogP contribution in [0.5, 0.6) is 0 Å². The van der Waals surface area contributed by atoms with Gasteiger partial charge in [-0.3, -0.25) is 4.52 Å². The van der Waals surface area contributed by atoms with Gasteiger partial charge in [0.2, 0.25) is 0 Å². The van der Waals surface area contributed by atoms with Crippen LogP contribution in [0.3, 0.4) is 0 Å². The van der Waals surface area contributed by atoms with E-state index in [0.29, 0.717) is 12.3 Å². The molecule has 0 unspecified atom stereocenters. The molecule has 25 heavy (non-hydrogen) atoms. The molecule has 0 aliphatic rings. The Hall–Kier alpha value is -1.45. The summed E-state index contributed by atoms with van der Waals surface area (Å²) in [5, 5.41) is 0. The van der Waals surface area contributed by atoms with E-state index in [1.165, 1.54) is 0 Å². The Morgan fingerprint density at radius 1 is 0.920 bits per heavy atom. The van der Waals surface area contributed by atoms with E-state index in [-0.39, 0.29) is 0 Å². The second kappa shape index (κ2) is 8.77. The van der Waals surface area contributed by atoms with Crippen molar-refractivity contribution in [3.8, 4) is 0 Å². The van der Waals surface area contributed by atoms with Gasteiger partial charge in [-0.1, -0.05) is 87.4 Å². The number of phosphoric acid groups is 1. The molecule has 0 saturated heterocycles. The Bertz CT molecular complexity index is 640. The summed E-state index contributed by atoms with van der Waals surface area (Å²) in [4.78, 5) is 19.2. The van der Waals surface area contributed by atoms with E-state index in [1.54, 1.807) is 0 Å². The van der Waals surface area contributed by atoms with Crippen molar-refractivity contribution in [2.45, 2.75) is 45.1 Å². The molecule has 2 rings (SSSR count). The summed E-state index contributed by atoms with van der Waals surface area (Å²) in [5.74, 6) is 0.602. The van der Waals surface area contributed by atoms with Crippen LogP contribution in [-0.4, -0.2) is 9.79 Å². The molecule has 0 radical (unpaired) electrons. The van der Waals surface area contributed by atoms with Crippen molar-refractivity contribution < 1.29 is 18.9 Å². The van der Waals surface area contributed by atoms with Gasteiger partial charge in [-0.05, 0) is 29.9 Å². The van der Waals surface area contributed by atoms with E-state index in [4.69, 9.17) is 4.52 Å². The quantitative estimate of drug-likeness (QED) is 0.472. The summed E-state index contributed by atoms with van der Waals surface area (Å²) >= 11 is 0. The predicted octanol–water partition coefficient (Wildman–Crippen LogP) is 5.26. The molecule has 0 spiro atoms. The highest BCUT2D eigenvalue weighted by Gasteiger charge is 2.40. The van der Waals surface area contributed by atoms with Gasteiger partial charge in [0.05, 0.1) is 0 Å². The van der Waals surface area contributed by atoms with Crippen molar-refractivity contribution in [2.24, 2.45) is 5.92 Å². The molecule has 2 aromatic rings. The van der Waals surface area contributed by atoms with Crippen LogP contribution in [0.25, 0.3) is 0 Å². The van der Waals surface area contributed by atoms with E-state index < -0.39 is 13.4 Å². The maximum absolute atomic E-state index is 11.8. The number of hydrogen-bond donors (Lipinski definition) is 2.